The Balaban J connectivity index is 2.05. The first-order chi connectivity index (χ1) is 12.6. The molecule has 0 saturated heterocycles. The number of carbonyl (C=O) groups excluding carboxylic acids is 3. The van der Waals surface area contributed by atoms with Gasteiger partial charge in [0.1, 0.15) is 0 Å². The molecule has 0 spiro atoms. The van der Waals surface area contributed by atoms with Gasteiger partial charge in [-0.2, -0.15) is 13.2 Å². The Kier molecular flexibility index (Phi) is 5.99. The van der Waals surface area contributed by atoms with Crippen LogP contribution in [0.5, 0.6) is 0 Å². The fourth-order valence-corrected chi connectivity index (χ4v) is 2.16. The number of alkyl halides is 3. The van der Waals surface area contributed by atoms with Gasteiger partial charge in [0.15, 0.2) is 11.9 Å². The van der Waals surface area contributed by atoms with E-state index in [0.29, 0.717) is 17.3 Å². The maximum atomic E-state index is 12.7. The topological polar surface area (TPSA) is 72.5 Å². The Bertz CT molecular complexity index is 877. The normalized spacial score (nSPS) is 12.2. The molecule has 27 heavy (non-hydrogen) atoms. The molecule has 2 rings (SSSR count). The summed E-state index contributed by atoms with van der Waals surface area (Å²) in [5, 5.41) is 2.48. The summed E-state index contributed by atoms with van der Waals surface area (Å²) in [6, 6.07) is 9.89. The number of hydrogen-bond acceptors (Lipinski definition) is 4. The summed E-state index contributed by atoms with van der Waals surface area (Å²) in [5.74, 6) is -1.92. The lowest BCUT2D eigenvalue weighted by molar-refractivity contribution is -0.137. The molecule has 0 heterocycles. The molecular weight excluding hydrogens is 363 g/mol. The standard InChI is InChI=1S/C19H16F3NO4/c1-11(24)13-5-4-8-16(10-13)23-17(25)12(2)27-18(26)14-6-3-7-15(9-14)19(20,21)22/h3-10,12H,1-2H3,(H,23,25). The van der Waals surface area contributed by atoms with E-state index in [4.69, 9.17) is 4.74 Å². The van der Waals surface area contributed by atoms with Gasteiger partial charge >= 0.3 is 12.1 Å². The molecule has 0 aliphatic carbocycles. The summed E-state index contributed by atoms with van der Waals surface area (Å²) in [4.78, 5) is 35.5. The fraction of sp³-hybridized carbons (Fsp3) is 0.211. The van der Waals surface area contributed by atoms with Crippen molar-refractivity contribution in [2.24, 2.45) is 0 Å². The summed E-state index contributed by atoms with van der Waals surface area (Å²) in [5.41, 5.74) is -0.589. The number of hydrogen-bond donors (Lipinski definition) is 1. The minimum absolute atomic E-state index is 0.185. The van der Waals surface area contributed by atoms with Crippen molar-refractivity contribution in [2.75, 3.05) is 5.32 Å². The van der Waals surface area contributed by atoms with Crippen LogP contribution in [-0.4, -0.2) is 23.8 Å². The highest BCUT2D eigenvalue weighted by Crippen LogP contribution is 2.29. The molecule has 0 fully saturated rings. The Hall–Kier alpha value is -3.16. The molecule has 142 valence electrons. The number of amides is 1. The third-order valence-electron chi connectivity index (χ3n) is 3.62. The molecule has 1 amide bonds. The first-order valence-corrected chi connectivity index (χ1v) is 7.88. The quantitative estimate of drug-likeness (QED) is 0.627. The fourth-order valence-electron chi connectivity index (χ4n) is 2.16. The zero-order chi connectivity index (χ0) is 20.2. The van der Waals surface area contributed by atoms with Crippen LogP contribution in [0.3, 0.4) is 0 Å². The number of rotatable bonds is 5. The second-order valence-electron chi connectivity index (χ2n) is 5.75. The molecule has 1 atom stereocenters. The Morgan fingerprint density at radius 2 is 1.63 bits per heavy atom. The van der Waals surface area contributed by atoms with Crippen molar-refractivity contribution in [3.8, 4) is 0 Å². The van der Waals surface area contributed by atoms with E-state index < -0.39 is 29.7 Å². The smallest absolute Gasteiger partial charge is 0.416 e. The molecule has 0 radical (unpaired) electrons. The van der Waals surface area contributed by atoms with Gasteiger partial charge in [-0.25, -0.2) is 4.79 Å². The lowest BCUT2D eigenvalue weighted by Crippen LogP contribution is -2.30. The van der Waals surface area contributed by atoms with Gasteiger partial charge < -0.3 is 10.1 Å². The molecule has 0 bridgehead atoms. The van der Waals surface area contributed by atoms with Gasteiger partial charge in [-0.05, 0) is 44.2 Å². The van der Waals surface area contributed by atoms with Crippen LogP contribution < -0.4 is 5.32 Å². The number of ether oxygens (including phenoxy) is 1. The molecular formula is C19H16F3NO4. The van der Waals surface area contributed by atoms with E-state index in [2.05, 4.69) is 5.32 Å². The van der Waals surface area contributed by atoms with E-state index in [1.54, 1.807) is 18.2 Å². The number of benzene rings is 2. The number of nitrogens with one attached hydrogen (secondary N) is 1. The maximum Gasteiger partial charge on any atom is 0.416 e. The van der Waals surface area contributed by atoms with Crippen LogP contribution in [0.2, 0.25) is 0 Å². The van der Waals surface area contributed by atoms with Crippen LogP contribution in [0.1, 0.15) is 40.1 Å². The van der Waals surface area contributed by atoms with E-state index in [-0.39, 0.29) is 11.3 Å². The van der Waals surface area contributed by atoms with Crippen LogP contribution in [0.25, 0.3) is 0 Å². The van der Waals surface area contributed by atoms with Crippen LogP contribution in [0.4, 0.5) is 18.9 Å². The van der Waals surface area contributed by atoms with E-state index in [1.807, 2.05) is 0 Å². The molecule has 0 aliphatic heterocycles. The van der Waals surface area contributed by atoms with Crippen LogP contribution in [-0.2, 0) is 15.7 Å². The predicted molar refractivity (Wildman–Crippen MR) is 91.4 cm³/mol. The molecule has 2 aromatic carbocycles. The summed E-state index contributed by atoms with van der Waals surface area (Å²) >= 11 is 0. The molecule has 1 N–H and O–H groups in total. The molecule has 1 unspecified atom stereocenters. The monoisotopic (exact) mass is 379 g/mol. The van der Waals surface area contributed by atoms with Gasteiger partial charge in [0.05, 0.1) is 11.1 Å². The first kappa shape index (κ1) is 20.2. The first-order valence-electron chi connectivity index (χ1n) is 7.88. The van der Waals surface area contributed by atoms with E-state index >= 15 is 0 Å². The van der Waals surface area contributed by atoms with Crippen molar-refractivity contribution in [3.05, 3.63) is 65.2 Å². The number of esters is 1. The van der Waals surface area contributed by atoms with Gasteiger partial charge in [0.25, 0.3) is 5.91 Å². The number of anilines is 1. The summed E-state index contributed by atoms with van der Waals surface area (Å²) in [7, 11) is 0. The van der Waals surface area contributed by atoms with Gasteiger partial charge in [0, 0.05) is 11.3 Å². The van der Waals surface area contributed by atoms with Crippen molar-refractivity contribution in [3.63, 3.8) is 0 Å². The average molecular weight is 379 g/mol. The van der Waals surface area contributed by atoms with Gasteiger partial charge in [0.2, 0.25) is 0 Å². The summed E-state index contributed by atoms with van der Waals surface area (Å²) < 4.78 is 43.1. The number of ketones is 1. The Labute approximate surface area is 153 Å². The third-order valence-corrected chi connectivity index (χ3v) is 3.62. The van der Waals surface area contributed by atoms with Crippen LogP contribution in [0, 0.1) is 0 Å². The number of carbonyl (C=O) groups is 3. The van der Waals surface area contributed by atoms with Crippen molar-refractivity contribution in [1.82, 2.24) is 0 Å². The van der Waals surface area contributed by atoms with Crippen molar-refractivity contribution < 1.29 is 32.3 Å². The SMILES string of the molecule is CC(=O)c1cccc(NC(=O)C(C)OC(=O)c2cccc(C(F)(F)F)c2)c1. The molecule has 2 aromatic rings. The zero-order valence-electron chi connectivity index (χ0n) is 14.5. The molecule has 0 aromatic heterocycles. The largest absolute Gasteiger partial charge is 0.449 e. The van der Waals surface area contributed by atoms with E-state index in [0.717, 1.165) is 12.1 Å². The Morgan fingerprint density at radius 3 is 2.26 bits per heavy atom. The van der Waals surface area contributed by atoms with Crippen LogP contribution >= 0.6 is 0 Å². The van der Waals surface area contributed by atoms with Crippen molar-refractivity contribution in [2.45, 2.75) is 26.1 Å². The van der Waals surface area contributed by atoms with Gasteiger partial charge in [-0.3, -0.25) is 9.59 Å². The highest BCUT2D eigenvalue weighted by atomic mass is 19.4. The number of Topliss-reactive ketones (excluding diaryl/α,β-unsaturated/α-hetero) is 1. The maximum absolute atomic E-state index is 12.7. The predicted octanol–water partition coefficient (Wildman–Crippen LogP) is 4.09. The molecule has 0 saturated carbocycles. The highest BCUT2D eigenvalue weighted by Gasteiger charge is 2.31. The average Bonchev–Trinajstić information content (AvgIpc) is 2.61. The Morgan fingerprint density at radius 1 is 1.00 bits per heavy atom. The van der Waals surface area contributed by atoms with Crippen molar-refractivity contribution >= 4 is 23.3 Å². The second kappa shape index (κ2) is 8.03. The lowest BCUT2D eigenvalue weighted by Gasteiger charge is -2.14. The summed E-state index contributed by atoms with van der Waals surface area (Å²) in [6.07, 6.45) is -5.85. The molecule has 0 aliphatic rings. The van der Waals surface area contributed by atoms with Gasteiger partial charge in [-0.15, -0.1) is 0 Å². The third kappa shape index (κ3) is 5.40. The molecule has 8 heteroatoms. The lowest BCUT2D eigenvalue weighted by atomic mass is 10.1. The zero-order valence-corrected chi connectivity index (χ0v) is 14.5. The second-order valence-corrected chi connectivity index (χ2v) is 5.75. The summed E-state index contributed by atoms with van der Waals surface area (Å²) in [6.45, 7) is 2.66. The number of halogens is 3. The van der Waals surface area contributed by atoms with E-state index in [1.165, 1.54) is 26.0 Å². The highest BCUT2D eigenvalue weighted by molar-refractivity contribution is 5.99. The van der Waals surface area contributed by atoms with Crippen molar-refractivity contribution in [1.29, 1.82) is 0 Å². The molecule has 5 nitrogen and oxygen atoms in total. The van der Waals surface area contributed by atoms with E-state index in [9.17, 15) is 27.6 Å². The van der Waals surface area contributed by atoms with Gasteiger partial charge in [-0.1, -0.05) is 18.2 Å². The minimum atomic E-state index is -4.60. The minimum Gasteiger partial charge on any atom is -0.449 e. The van der Waals surface area contributed by atoms with Crippen LogP contribution in [0.15, 0.2) is 48.5 Å².